The number of aliphatic carboxylic acids is 1. The first-order chi connectivity index (χ1) is 8.15. The van der Waals surface area contributed by atoms with Crippen molar-refractivity contribution in [3.63, 3.8) is 0 Å². The summed E-state index contributed by atoms with van der Waals surface area (Å²) in [7, 11) is 0. The van der Waals surface area contributed by atoms with Crippen molar-refractivity contribution in [3.8, 4) is 0 Å². The highest BCUT2D eigenvalue weighted by Crippen LogP contribution is 2.12. The summed E-state index contributed by atoms with van der Waals surface area (Å²) in [6, 6.07) is 7.79. The van der Waals surface area contributed by atoms with Crippen LogP contribution < -0.4 is 5.32 Å². The van der Waals surface area contributed by atoms with Gasteiger partial charge in [0.25, 0.3) is 0 Å². The van der Waals surface area contributed by atoms with Crippen molar-refractivity contribution >= 4 is 17.6 Å². The molecule has 2 unspecified atom stereocenters. The molecular weight excluding hydrogens is 242 g/mol. The molecule has 1 saturated heterocycles. The van der Waals surface area contributed by atoms with Crippen LogP contribution in [0.3, 0.4) is 0 Å². The fourth-order valence-corrected chi connectivity index (χ4v) is 1.94. The quantitative estimate of drug-likeness (QED) is 0.855. The molecule has 5 heteroatoms. The van der Waals surface area contributed by atoms with Crippen molar-refractivity contribution in [2.75, 3.05) is 13.2 Å². The second kappa shape index (κ2) is 5.49. The number of morpholine rings is 1. The Bertz CT molecular complexity index is 385. The number of halogens is 1. The Morgan fingerprint density at radius 3 is 2.71 bits per heavy atom. The van der Waals surface area contributed by atoms with Crippen LogP contribution in [0.1, 0.15) is 5.56 Å². The summed E-state index contributed by atoms with van der Waals surface area (Å²) in [5.41, 5.74) is 1.16. The highest BCUT2D eigenvalue weighted by Gasteiger charge is 2.25. The number of rotatable bonds is 3. The highest BCUT2D eigenvalue weighted by atomic mass is 35.5. The Balaban J connectivity index is 1.85. The van der Waals surface area contributed by atoms with E-state index in [2.05, 4.69) is 5.32 Å². The highest BCUT2D eigenvalue weighted by molar-refractivity contribution is 6.30. The lowest BCUT2D eigenvalue weighted by Gasteiger charge is -2.28. The molecule has 1 aliphatic heterocycles. The molecule has 0 aliphatic carbocycles. The predicted molar refractivity (Wildman–Crippen MR) is 64.3 cm³/mol. The first-order valence-electron chi connectivity index (χ1n) is 5.47. The zero-order valence-corrected chi connectivity index (χ0v) is 9.98. The SMILES string of the molecule is O=C(O)C1CNC(Cc2ccc(Cl)cc2)CO1. The summed E-state index contributed by atoms with van der Waals surface area (Å²) in [6.45, 7) is 0.771. The van der Waals surface area contributed by atoms with Crippen LogP contribution in [0.4, 0.5) is 0 Å². The van der Waals surface area contributed by atoms with Gasteiger partial charge in [-0.25, -0.2) is 4.79 Å². The summed E-state index contributed by atoms with van der Waals surface area (Å²) in [4.78, 5) is 10.7. The summed E-state index contributed by atoms with van der Waals surface area (Å²) < 4.78 is 5.26. The maximum absolute atomic E-state index is 10.7. The smallest absolute Gasteiger partial charge is 0.334 e. The average Bonchev–Trinajstić information content (AvgIpc) is 2.33. The van der Waals surface area contributed by atoms with Crippen LogP contribution >= 0.6 is 11.6 Å². The van der Waals surface area contributed by atoms with E-state index in [-0.39, 0.29) is 6.04 Å². The zero-order chi connectivity index (χ0) is 12.3. The molecule has 0 amide bonds. The Morgan fingerprint density at radius 2 is 2.18 bits per heavy atom. The predicted octanol–water partition coefficient (Wildman–Crippen LogP) is 1.32. The van der Waals surface area contributed by atoms with E-state index in [9.17, 15) is 4.79 Å². The van der Waals surface area contributed by atoms with Gasteiger partial charge in [0, 0.05) is 17.6 Å². The van der Waals surface area contributed by atoms with E-state index in [1.165, 1.54) is 0 Å². The van der Waals surface area contributed by atoms with Gasteiger partial charge in [-0.3, -0.25) is 0 Å². The van der Waals surface area contributed by atoms with Crippen molar-refractivity contribution < 1.29 is 14.6 Å². The van der Waals surface area contributed by atoms with Crippen molar-refractivity contribution in [1.29, 1.82) is 0 Å². The van der Waals surface area contributed by atoms with Gasteiger partial charge in [-0.05, 0) is 24.1 Å². The molecule has 1 heterocycles. The van der Waals surface area contributed by atoms with E-state index in [1.807, 2.05) is 24.3 Å². The van der Waals surface area contributed by atoms with Crippen molar-refractivity contribution in [2.24, 2.45) is 0 Å². The molecule has 92 valence electrons. The van der Waals surface area contributed by atoms with E-state index in [1.54, 1.807) is 0 Å². The zero-order valence-electron chi connectivity index (χ0n) is 9.23. The van der Waals surface area contributed by atoms with Gasteiger partial charge >= 0.3 is 5.97 Å². The Labute approximate surface area is 105 Å². The Hall–Kier alpha value is -1.10. The van der Waals surface area contributed by atoms with Crippen LogP contribution in [0.15, 0.2) is 24.3 Å². The molecule has 1 aromatic rings. The monoisotopic (exact) mass is 255 g/mol. The van der Waals surface area contributed by atoms with Crippen LogP contribution in [-0.2, 0) is 16.0 Å². The number of benzene rings is 1. The molecule has 1 aliphatic rings. The molecule has 0 saturated carbocycles. The lowest BCUT2D eigenvalue weighted by atomic mass is 10.1. The van der Waals surface area contributed by atoms with Crippen LogP contribution in [0.5, 0.6) is 0 Å². The van der Waals surface area contributed by atoms with E-state index >= 15 is 0 Å². The van der Waals surface area contributed by atoms with Crippen molar-refractivity contribution in [1.82, 2.24) is 5.32 Å². The first-order valence-corrected chi connectivity index (χ1v) is 5.85. The van der Waals surface area contributed by atoms with Crippen LogP contribution in [-0.4, -0.2) is 36.4 Å². The molecular formula is C12H14ClNO3. The van der Waals surface area contributed by atoms with Gasteiger partial charge < -0.3 is 15.2 Å². The molecule has 4 nitrogen and oxygen atoms in total. The summed E-state index contributed by atoms with van der Waals surface area (Å²) in [5.74, 6) is -0.914. The lowest BCUT2D eigenvalue weighted by molar-refractivity contribution is -0.153. The van der Waals surface area contributed by atoms with Gasteiger partial charge in [0.05, 0.1) is 6.61 Å². The third-order valence-electron chi connectivity index (χ3n) is 2.76. The molecule has 2 rings (SSSR count). The van der Waals surface area contributed by atoms with Gasteiger partial charge in [0.1, 0.15) is 0 Å². The Morgan fingerprint density at radius 1 is 1.47 bits per heavy atom. The van der Waals surface area contributed by atoms with Gasteiger partial charge in [0.2, 0.25) is 0 Å². The van der Waals surface area contributed by atoms with Gasteiger partial charge in [-0.2, -0.15) is 0 Å². The topological polar surface area (TPSA) is 58.6 Å². The van der Waals surface area contributed by atoms with Gasteiger partial charge in [0.15, 0.2) is 6.10 Å². The average molecular weight is 256 g/mol. The number of ether oxygens (including phenoxy) is 1. The summed E-state index contributed by atoms with van der Waals surface area (Å²) >= 11 is 5.80. The molecule has 0 radical (unpaired) electrons. The van der Waals surface area contributed by atoms with Gasteiger partial charge in [-0.1, -0.05) is 23.7 Å². The minimum atomic E-state index is -0.914. The first kappa shape index (κ1) is 12.4. The van der Waals surface area contributed by atoms with Crippen LogP contribution in [0.25, 0.3) is 0 Å². The van der Waals surface area contributed by atoms with Crippen molar-refractivity contribution in [2.45, 2.75) is 18.6 Å². The van der Waals surface area contributed by atoms with Crippen LogP contribution in [0, 0.1) is 0 Å². The van der Waals surface area contributed by atoms with E-state index in [4.69, 9.17) is 21.4 Å². The normalized spacial score (nSPS) is 24.5. The lowest BCUT2D eigenvalue weighted by Crippen LogP contribution is -2.50. The second-order valence-electron chi connectivity index (χ2n) is 4.10. The van der Waals surface area contributed by atoms with Gasteiger partial charge in [-0.15, -0.1) is 0 Å². The molecule has 2 N–H and O–H groups in total. The summed E-state index contributed by atoms with van der Waals surface area (Å²) in [6.07, 6.45) is 0.0835. The second-order valence-corrected chi connectivity index (χ2v) is 4.53. The number of hydrogen-bond acceptors (Lipinski definition) is 3. The van der Waals surface area contributed by atoms with E-state index in [0.29, 0.717) is 18.2 Å². The van der Waals surface area contributed by atoms with Crippen molar-refractivity contribution in [3.05, 3.63) is 34.9 Å². The standard InChI is InChI=1S/C12H14ClNO3/c13-9-3-1-8(2-4-9)5-10-7-17-11(6-14-10)12(15)16/h1-4,10-11,14H,5-7H2,(H,15,16). The minimum absolute atomic E-state index is 0.159. The fourth-order valence-electron chi connectivity index (χ4n) is 1.82. The largest absolute Gasteiger partial charge is 0.479 e. The van der Waals surface area contributed by atoms with Crippen LogP contribution in [0.2, 0.25) is 5.02 Å². The van der Waals surface area contributed by atoms with E-state index < -0.39 is 12.1 Å². The fraction of sp³-hybridized carbons (Fsp3) is 0.417. The maximum Gasteiger partial charge on any atom is 0.334 e. The molecule has 0 bridgehead atoms. The summed E-state index contributed by atoms with van der Waals surface area (Å²) in [5, 5.41) is 12.7. The van der Waals surface area contributed by atoms with E-state index in [0.717, 1.165) is 12.0 Å². The molecule has 0 spiro atoms. The molecule has 0 aromatic heterocycles. The number of nitrogens with one attached hydrogen (secondary N) is 1. The third kappa shape index (κ3) is 3.43. The number of carbonyl (C=O) groups is 1. The number of carboxylic acids is 1. The number of hydrogen-bond donors (Lipinski definition) is 2. The maximum atomic E-state index is 10.7. The molecule has 1 fully saturated rings. The minimum Gasteiger partial charge on any atom is -0.479 e. The molecule has 17 heavy (non-hydrogen) atoms. The molecule has 1 aromatic carbocycles. The Kier molecular flexibility index (Phi) is 3.99. The number of carboxylic acid groups (broad SMARTS) is 1. The molecule has 2 atom stereocenters. The third-order valence-corrected chi connectivity index (χ3v) is 3.01.